The lowest BCUT2D eigenvalue weighted by molar-refractivity contribution is -0.138. The van der Waals surface area contributed by atoms with Crippen LogP contribution >= 0.6 is 0 Å². The third-order valence-electron chi connectivity index (χ3n) is 5.51. The number of hydrogen-bond donors (Lipinski definition) is 0. The van der Waals surface area contributed by atoms with Crippen LogP contribution in [0.3, 0.4) is 0 Å². The first-order chi connectivity index (χ1) is 16.1. The molecule has 3 amide bonds. The van der Waals surface area contributed by atoms with E-state index in [-0.39, 0.29) is 41.9 Å². The Labute approximate surface area is 199 Å². The van der Waals surface area contributed by atoms with Gasteiger partial charge in [0.25, 0.3) is 17.7 Å². The van der Waals surface area contributed by atoms with Crippen LogP contribution in [-0.4, -0.2) is 58.8 Å². The highest BCUT2D eigenvalue weighted by Crippen LogP contribution is 2.27. The Bertz CT molecular complexity index is 1070. The molecule has 0 spiro atoms. The molecule has 1 heterocycles. The van der Waals surface area contributed by atoms with E-state index in [1.165, 1.54) is 6.07 Å². The number of esters is 1. The van der Waals surface area contributed by atoms with Crippen LogP contribution in [0.4, 0.5) is 0 Å². The molecule has 0 radical (unpaired) electrons. The Balaban J connectivity index is 1.79. The summed E-state index contributed by atoms with van der Waals surface area (Å²) in [5, 5.41) is 0. The summed E-state index contributed by atoms with van der Waals surface area (Å²) in [6, 6.07) is 11.4. The SMILES string of the molecule is CCOc1ccc(CN2C(=O)c3ccccc3C2=O)cc1C(=O)OCC(=O)N(C(C)C)C(C)C. The van der Waals surface area contributed by atoms with Gasteiger partial charge in [0.1, 0.15) is 11.3 Å². The van der Waals surface area contributed by atoms with E-state index in [2.05, 4.69) is 0 Å². The second-order valence-electron chi connectivity index (χ2n) is 8.57. The summed E-state index contributed by atoms with van der Waals surface area (Å²) in [6.07, 6.45) is 0. The Morgan fingerprint density at radius 2 is 1.53 bits per heavy atom. The predicted molar refractivity (Wildman–Crippen MR) is 126 cm³/mol. The highest BCUT2D eigenvalue weighted by atomic mass is 16.5. The first-order valence-corrected chi connectivity index (χ1v) is 11.3. The number of carbonyl (C=O) groups excluding carboxylic acids is 4. The van der Waals surface area contributed by atoms with Gasteiger partial charge in [0.15, 0.2) is 6.61 Å². The van der Waals surface area contributed by atoms with Gasteiger partial charge in [-0.2, -0.15) is 0 Å². The molecule has 8 heteroatoms. The molecule has 2 aromatic carbocycles. The van der Waals surface area contributed by atoms with Gasteiger partial charge < -0.3 is 14.4 Å². The monoisotopic (exact) mass is 466 g/mol. The van der Waals surface area contributed by atoms with E-state index in [1.54, 1.807) is 48.2 Å². The van der Waals surface area contributed by atoms with Crippen LogP contribution < -0.4 is 4.74 Å². The van der Waals surface area contributed by atoms with Crippen molar-refractivity contribution < 1.29 is 28.7 Å². The average Bonchev–Trinajstić information content (AvgIpc) is 3.03. The van der Waals surface area contributed by atoms with Crippen molar-refractivity contribution in [3.05, 3.63) is 64.7 Å². The largest absolute Gasteiger partial charge is 0.493 e. The fourth-order valence-corrected chi connectivity index (χ4v) is 4.13. The fourth-order valence-electron chi connectivity index (χ4n) is 4.13. The lowest BCUT2D eigenvalue weighted by Crippen LogP contribution is -2.44. The minimum absolute atomic E-state index is 0.00750. The molecule has 180 valence electrons. The minimum atomic E-state index is -0.714. The summed E-state index contributed by atoms with van der Waals surface area (Å²) in [5.74, 6) is -1.47. The number of rotatable bonds is 9. The van der Waals surface area contributed by atoms with E-state index in [0.717, 1.165) is 4.90 Å². The van der Waals surface area contributed by atoms with Gasteiger partial charge in [-0.15, -0.1) is 0 Å². The van der Waals surface area contributed by atoms with Crippen molar-refractivity contribution in [1.82, 2.24) is 9.80 Å². The Kier molecular flexibility index (Phi) is 7.71. The summed E-state index contributed by atoms with van der Waals surface area (Å²) < 4.78 is 10.9. The molecule has 0 fully saturated rings. The van der Waals surface area contributed by atoms with Crippen LogP contribution in [0.5, 0.6) is 5.75 Å². The highest BCUT2D eigenvalue weighted by molar-refractivity contribution is 6.21. The van der Waals surface area contributed by atoms with Gasteiger partial charge in [-0.25, -0.2) is 4.79 Å². The van der Waals surface area contributed by atoms with Crippen molar-refractivity contribution in [1.29, 1.82) is 0 Å². The van der Waals surface area contributed by atoms with Gasteiger partial charge in [-0.05, 0) is 64.4 Å². The third kappa shape index (κ3) is 5.11. The molecule has 0 atom stereocenters. The minimum Gasteiger partial charge on any atom is -0.493 e. The summed E-state index contributed by atoms with van der Waals surface area (Å²) >= 11 is 0. The Hall–Kier alpha value is -3.68. The van der Waals surface area contributed by atoms with Crippen molar-refractivity contribution in [2.24, 2.45) is 0 Å². The zero-order valence-electron chi connectivity index (χ0n) is 20.2. The molecule has 0 N–H and O–H groups in total. The van der Waals surface area contributed by atoms with E-state index >= 15 is 0 Å². The van der Waals surface area contributed by atoms with Crippen LogP contribution in [0.25, 0.3) is 0 Å². The van der Waals surface area contributed by atoms with Crippen LogP contribution in [-0.2, 0) is 16.1 Å². The number of amides is 3. The maximum Gasteiger partial charge on any atom is 0.342 e. The Morgan fingerprint density at radius 3 is 2.06 bits per heavy atom. The van der Waals surface area contributed by atoms with Gasteiger partial charge in [0.05, 0.1) is 24.3 Å². The molecular formula is C26H30N2O6. The van der Waals surface area contributed by atoms with Gasteiger partial charge in [0, 0.05) is 12.1 Å². The summed E-state index contributed by atoms with van der Waals surface area (Å²) in [6.45, 7) is 9.30. The second-order valence-corrected chi connectivity index (χ2v) is 8.57. The van der Waals surface area contributed by atoms with Crippen LogP contribution in [0.2, 0.25) is 0 Å². The van der Waals surface area contributed by atoms with Crippen molar-refractivity contribution in [2.45, 2.75) is 53.2 Å². The van der Waals surface area contributed by atoms with Crippen molar-refractivity contribution in [3.63, 3.8) is 0 Å². The fraction of sp³-hybridized carbons (Fsp3) is 0.385. The number of fused-ring (bicyclic) bond motifs is 1. The van der Waals surface area contributed by atoms with Crippen molar-refractivity contribution >= 4 is 23.7 Å². The molecule has 0 unspecified atom stereocenters. The molecule has 1 aliphatic rings. The van der Waals surface area contributed by atoms with E-state index in [0.29, 0.717) is 29.0 Å². The van der Waals surface area contributed by atoms with Crippen molar-refractivity contribution in [2.75, 3.05) is 13.2 Å². The third-order valence-corrected chi connectivity index (χ3v) is 5.51. The van der Waals surface area contributed by atoms with E-state index in [9.17, 15) is 19.2 Å². The number of carbonyl (C=O) groups is 4. The average molecular weight is 467 g/mol. The molecule has 3 rings (SSSR count). The van der Waals surface area contributed by atoms with Gasteiger partial charge in [-0.3, -0.25) is 19.3 Å². The molecule has 0 bridgehead atoms. The Morgan fingerprint density at radius 1 is 0.941 bits per heavy atom. The standard InChI is InChI=1S/C26H30N2O6/c1-6-33-22-12-11-18(14-27-24(30)19-9-7-8-10-20(19)25(27)31)13-21(22)26(32)34-15-23(29)28(16(2)3)17(4)5/h7-13,16-17H,6,14-15H2,1-5H3. The quantitative estimate of drug-likeness (QED) is 0.413. The summed E-state index contributed by atoms with van der Waals surface area (Å²) in [5.41, 5.74) is 1.40. The molecule has 0 aromatic heterocycles. The molecule has 0 saturated carbocycles. The molecule has 34 heavy (non-hydrogen) atoms. The van der Waals surface area contributed by atoms with Gasteiger partial charge >= 0.3 is 5.97 Å². The molecule has 8 nitrogen and oxygen atoms in total. The number of nitrogens with zero attached hydrogens (tertiary/aromatic N) is 2. The number of benzene rings is 2. The summed E-state index contributed by atoms with van der Waals surface area (Å²) in [4.78, 5) is 53.7. The topological polar surface area (TPSA) is 93.2 Å². The zero-order valence-corrected chi connectivity index (χ0v) is 20.2. The predicted octanol–water partition coefficient (Wildman–Crippen LogP) is 3.68. The molecule has 0 saturated heterocycles. The van der Waals surface area contributed by atoms with Gasteiger partial charge in [-0.1, -0.05) is 18.2 Å². The molecule has 0 aliphatic carbocycles. The normalized spacial score (nSPS) is 12.9. The smallest absolute Gasteiger partial charge is 0.342 e. The highest BCUT2D eigenvalue weighted by Gasteiger charge is 2.35. The van der Waals surface area contributed by atoms with Crippen LogP contribution in [0.15, 0.2) is 42.5 Å². The lowest BCUT2D eigenvalue weighted by Gasteiger charge is -2.30. The maximum absolute atomic E-state index is 12.9. The first kappa shape index (κ1) is 25.0. The van der Waals surface area contributed by atoms with E-state index < -0.39 is 12.6 Å². The lowest BCUT2D eigenvalue weighted by atomic mass is 10.1. The number of imide groups is 1. The van der Waals surface area contributed by atoms with E-state index in [4.69, 9.17) is 9.47 Å². The molecule has 1 aliphatic heterocycles. The van der Waals surface area contributed by atoms with Crippen LogP contribution in [0.1, 0.15) is 71.3 Å². The molecule has 2 aromatic rings. The first-order valence-electron chi connectivity index (χ1n) is 11.3. The zero-order chi connectivity index (χ0) is 25.0. The maximum atomic E-state index is 12.9. The number of ether oxygens (including phenoxy) is 2. The number of hydrogen-bond acceptors (Lipinski definition) is 6. The van der Waals surface area contributed by atoms with Crippen molar-refractivity contribution in [3.8, 4) is 5.75 Å². The molecular weight excluding hydrogens is 436 g/mol. The van der Waals surface area contributed by atoms with Crippen LogP contribution in [0, 0.1) is 0 Å². The second kappa shape index (κ2) is 10.5. The van der Waals surface area contributed by atoms with E-state index in [1.807, 2.05) is 27.7 Å². The van der Waals surface area contributed by atoms with Gasteiger partial charge in [0.2, 0.25) is 0 Å². The summed E-state index contributed by atoms with van der Waals surface area (Å²) in [7, 11) is 0.